The van der Waals surface area contributed by atoms with Crippen molar-refractivity contribution in [1.82, 2.24) is 9.80 Å². The molecule has 232 valence electrons. The van der Waals surface area contributed by atoms with Gasteiger partial charge in [0.25, 0.3) is 0 Å². The third kappa shape index (κ3) is 9.83. The van der Waals surface area contributed by atoms with E-state index >= 15 is 0 Å². The van der Waals surface area contributed by atoms with Crippen LogP contribution in [0, 0.1) is 5.92 Å². The molecular weight excluding hydrogens is 579 g/mol. The van der Waals surface area contributed by atoms with E-state index in [4.69, 9.17) is 40.4 Å². The summed E-state index contributed by atoms with van der Waals surface area (Å²) in [5.41, 5.74) is 19.8. The van der Waals surface area contributed by atoms with E-state index in [1.54, 1.807) is 6.07 Å². The Hall–Kier alpha value is -2.84. The number of rotatable bonds is 13. The van der Waals surface area contributed by atoms with Crippen molar-refractivity contribution in [2.75, 3.05) is 26.2 Å². The van der Waals surface area contributed by atoms with Gasteiger partial charge in [-0.25, -0.2) is 0 Å². The minimum atomic E-state index is -0.109. The van der Waals surface area contributed by atoms with Crippen molar-refractivity contribution in [2.24, 2.45) is 28.1 Å². The third-order valence-corrected chi connectivity index (χ3v) is 8.84. The van der Waals surface area contributed by atoms with Crippen LogP contribution in [0.25, 0.3) is 10.8 Å². The second-order valence-electron chi connectivity index (χ2n) is 12.3. The van der Waals surface area contributed by atoms with Gasteiger partial charge in [0.15, 0.2) is 5.96 Å². The largest absolute Gasteiger partial charge is 0.370 e. The molecule has 1 fully saturated rings. The molecule has 1 saturated heterocycles. The van der Waals surface area contributed by atoms with Crippen LogP contribution in [-0.4, -0.2) is 66.0 Å². The highest BCUT2D eigenvalue weighted by atomic mass is 35.5. The molecule has 1 unspecified atom stereocenters. The van der Waals surface area contributed by atoms with E-state index < -0.39 is 0 Å². The molecule has 0 aliphatic carbocycles. The first-order valence-corrected chi connectivity index (χ1v) is 16.1. The lowest BCUT2D eigenvalue weighted by Crippen LogP contribution is -2.62. The average Bonchev–Trinajstić information content (AvgIpc) is 2.94. The Kier molecular flexibility index (Phi) is 12.1. The Balaban J connectivity index is 1.51. The molecule has 43 heavy (non-hydrogen) atoms. The Labute approximate surface area is 266 Å². The summed E-state index contributed by atoms with van der Waals surface area (Å²) in [6.07, 6.45) is 4.76. The van der Waals surface area contributed by atoms with Gasteiger partial charge in [-0.1, -0.05) is 85.6 Å². The maximum atomic E-state index is 13.9. The normalized spacial score (nSPS) is 18.2. The average molecular weight is 626 g/mol. The molecule has 6 N–H and O–H groups in total. The van der Waals surface area contributed by atoms with Gasteiger partial charge in [0, 0.05) is 54.3 Å². The number of carbonyl (C=O) groups excluding carboxylic acids is 1. The molecule has 1 heterocycles. The van der Waals surface area contributed by atoms with Gasteiger partial charge < -0.3 is 22.1 Å². The van der Waals surface area contributed by atoms with Crippen LogP contribution in [0.15, 0.2) is 65.7 Å². The predicted molar refractivity (Wildman–Crippen MR) is 181 cm³/mol. The van der Waals surface area contributed by atoms with Crippen LogP contribution < -0.4 is 17.2 Å². The molecule has 7 nitrogen and oxygen atoms in total. The molecule has 9 heteroatoms. The molecular formula is C34H46Cl2N6O. The van der Waals surface area contributed by atoms with Crippen LogP contribution in [0.3, 0.4) is 0 Å². The molecule has 0 radical (unpaired) electrons. The van der Waals surface area contributed by atoms with Crippen LogP contribution in [0.2, 0.25) is 10.0 Å². The fourth-order valence-corrected chi connectivity index (χ4v) is 6.70. The topological polar surface area (TPSA) is 114 Å². The highest BCUT2D eigenvalue weighted by Crippen LogP contribution is 2.27. The lowest BCUT2D eigenvalue weighted by atomic mass is 9.93. The molecule has 0 bridgehead atoms. The van der Waals surface area contributed by atoms with Crippen molar-refractivity contribution in [3.05, 3.63) is 81.8 Å². The van der Waals surface area contributed by atoms with Gasteiger partial charge in [-0.15, -0.1) is 0 Å². The second-order valence-corrected chi connectivity index (χ2v) is 13.1. The number of benzene rings is 3. The van der Waals surface area contributed by atoms with Crippen molar-refractivity contribution in [2.45, 2.75) is 70.5 Å². The SMILES string of the molecule is CC(C)C[C@@H]1CN(C[C@@H](N)Cc2ccc(Cl)cc2Cl)C(CCCCN=C(N)N)CN1C(=O)Cc1ccc2ccccc2c1. The molecule has 1 aliphatic rings. The summed E-state index contributed by atoms with van der Waals surface area (Å²) < 4.78 is 0. The molecule has 4 rings (SSSR count). The Morgan fingerprint density at radius 2 is 1.74 bits per heavy atom. The fourth-order valence-electron chi connectivity index (χ4n) is 6.22. The molecule has 3 aromatic carbocycles. The lowest BCUT2D eigenvalue weighted by Gasteiger charge is -2.48. The van der Waals surface area contributed by atoms with E-state index in [2.05, 4.69) is 59.0 Å². The van der Waals surface area contributed by atoms with E-state index in [1.165, 1.54) is 5.39 Å². The fraction of sp³-hybridized carbons (Fsp3) is 0.471. The number of aliphatic imine (C=N–C) groups is 1. The smallest absolute Gasteiger partial charge is 0.227 e. The van der Waals surface area contributed by atoms with Crippen molar-refractivity contribution in [3.8, 4) is 0 Å². The maximum Gasteiger partial charge on any atom is 0.227 e. The number of carbonyl (C=O) groups is 1. The Morgan fingerprint density at radius 3 is 2.47 bits per heavy atom. The zero-order chi connectivity index (χ0) is 30.9. The maximum absolute atomic E-state index is 13.9. The molecule has 3 aromatic rings. The number of halogens is 2. The van der Waals surface area contributed by atoms with Crippen molar-refractivity contribution < 1.29 is 4.79 Å². The zero-order valence-electron chi connectivity index (χ0n) is 25.4. The molecule has 3 atom stereocenters. The second kappa shape index (κ2) is 15.8. The third-order valence-electron chi connectivity index (χ3n) is 8.25. The minimum absolute atomic E-state index is 0.109. The first-order chi connectivity index (χ1) is 20.6. The number of piperazine rings is 1. The van der Waals surface area contributed by atoms with Gasteiger partial charge in [-0.3, -0.25) is 14.7 Å². The number of nitrogens with zero attached hydrogens (tertiary/aromatic N) is 3. The quantitative estimate of drug-likeness (QED) is 0.129. The Morgan fingerprint density at radius 1 is 0.977 bits per heavy atom. The van der Waals surface area contributed by atoms with Crippen molar-refractivity contribution in [1.29, 1.82) is 0 Å². The van der Waals surface area contributed by atoms with E-state index in [0.717, 1.165) is 55.3 Å². The number of hydrogen-bond donors (Lipinski definition) is 3. The Bertz CT molecular complexity index is 1390. The molecule has 1 aliphatic heterocycles. The van der Waals surface area contributed by atoms with Crippen LogP contribution in [0.4, 0.5) is 0 Å². The standard InChI is InChI=1S/C34H46Cl2N6O/c1-23(2)15-31-21-41(20-29(37)18-27-12-13-28(35)19-32(27)36)30(9-5-6-14-40-34(38)39)22-42(31)33(43)17-24-10-11-25-7-3-4-8-26(25)16-24/h3-4,7-8,10-13,16,19,23,29-31H,5-6,9,14-15,17-18,20-22,37H2,1-2H3,(H4,38,39,40)/t29-,30?,31+/m0/s1. The number of hydrogen-bond acceptors (Lipinski definition) is 4. The van der Waals surface area contributed by atoms with Gasteiger partial charge in [-0.2, -0.15) is 0 Å². The van der Waals surface area contributed by atoms with Crippen molar-refractivity contribution in [3.63, 3.8) is 0 Å². The highest BCUT2D eigenvalue weighted by molar-refractivity contribution is 6.35. The van der Waals surface area contributed by atoms with Gasteiger partial charge >= 0.3 is 0 Å². The molecule has 1 amide bonds. The van der Waals surface area contributed by atoms with Crippen LogP contribution in [-0.2, 0) is 17.6 Å². The van der Waals surface area contributed by atoms with E-state index in [9.17, 15) is 4.79 Å². The van der Waals surface area contributed by atoms with E-state index in [0.29, 0.717) is 41.9 Å². The highest BCUT2D eigenvalue weighted by Gasteiger charge is 2.36. The summed E-state index contributed by atoms with van der Waals surface area (Å²) in [5, 5.41) is 3.59. The number of unbranched alkanes of at least 4 members (excludes halogenated alkanes) is 1. The number of amides is 1. The summed E-state index contributed by atoms with van der Waals surface area (Å²) >= 11 is 12.6. The van der Waals surface area contributed by atoms with Gasteiger partial charge in [0.1, 0.15) is 0 Å². The zero-order valence-corrected chi connectivity index (χ0v) is 26.9. The van der Waals surface area contributed by atoms with Crippen LogP contribution in [0.1, 0.15) is 50.7 Å². The minimum Gasteiger partial charge on any atom is -0.370 e. The number of guanidine groups is 1. The van der Waals surface area contributed by atoms with Crippen LogP contribution >= 0.6 is 23.2 Å². The van der Waals surface area contributed by atoms with Gasteiger partial charge in [0.2, 0.25) is 5.91 Å². The monoisotopic (exact) mass is 624 g/mol. The molecule has 0 aromatic heterocycles. The van der Waals surface area contributed by atoms with E-state index in [1.807, 2.05) is 24.3 Å². The molecule has 0 saturated carbocycles. The number of nitrogens with two attached hydrogens (primary N) is 3. The summed E-state index contributed by atoms with van der Waals surface area (Å²) in [7, 11) is 0. The number of fused-ring (bicyclic) bond motifs is 1. The van der Waals surface area contributed by atoms with Gasteiger partial charge in [-0.05, 0) is 72.1 Å². The van der Waals surface area contributed by atoms with Gasteiger partial charge in [0.05, 0.1) is 6.42 Å². The summed E-state index contributed by atoms with van der Waals surface area (Å²) in [6.45, 7) is 7.24. The van der Waals surface area contributed by atoms with Crippen molar-refractivity contribution >= 4 is 45.8 Å². The van der Waals surface area contributed by atoms with E-state index in [-0.39, 0.29) is 30.0 Å². The predicted octanol–water partition coefficient (Wildman–Crippen LogP) is 5.63. The first kappa shape index (κ1) is 33.1. The summed E-state index contributed by atoms with van der Waals surface area (Å²) in [4.78, 5) is 22.7. The lowest BCUT2D eigenvalue weighted by molar-refractivity contribution is -0.138. The summed E-state index contributed by atoms with van der Waals surface area (Å²) in [6, 6.07) is 20.4. The first-order valence-electron chi connectivity index (χ1n) is 15.3. The molecule has 0 spiro atoms. The summed E-state index contributed by atoms with van der Waals surface area (Å²) in [5.74, 6) is 0.761. The van der Waals surface area contributed by atoms with Crippen LogP contribution in [0.5, 0.6) is 0 Å².